The number of hydrogen-bond donors (Lipinski definition) is 1. The van der Waals surface area contributed by atoms with Crippen molar-refractivity contribution in [2.75, 3.05) is 6.54 Å². The third kappa shape index (κ3) is 7.10. The molecule has 0 amide bonds. The molecule has 2 aromatic carbocycles. The second-order valence-electron chi connectivity index (χ2n) is 6.30. The van der Waals surface area contributed by atoms with Crippen LogP contribution in [0.25, 0.3) is 22.3 Å². The van der Waals surface area contributed by atoms with Crippen LogP contribution in [0.1, 0.15) is 13.8 Å². The van der Waals surface area contributed by atoms with Crippen LogP contribution in [0.3, 0.4) is 0 Å². The molecule has 144 valence electrons. The molecule has 2 nitrogen and oxygen atoms in total. The van der Waals surface area contributed by atoms with E-state index in [1.165, 1.54) is 0 Å². The molecular formula is C19H19BClF4NO. The van der Waals surface area contributed by atoms with E-state index in [0.717, 1.165) is 34.2 Å². The van der Waals surface area contributed by atoms with E-state index in [-0.39, 0.29) is 0 Å². The molecule has 0 aliphatic heterocycles. The van der Waals surface area contributed by atoms with Crippen molar-refractivity contribution < 1.29 is 26.7 Å². The first-order chi connectivity index (χ1) is 12.6. The van der Waals surface area contributed by atoms with Crippen LogP contribution < -0.4 is 10.3 Å². The topological polar surface area (TPSA) is 27.1 Å². The summed E-state index contributed by atoms with van der Waals surface area (Å²) < 4.78 is 45.1. The smallest absolute Gasteiger partial charge is 0.456 e. The summed E-state index contributed by atoms with van der Waals surface area (Å²) in [5.74, 6) is 1.41. The summed E-state index contributed by atoms with van der Waals surface area (Å²) in [6, 6.07) is 17.9. The summed E-state index contributed by atoms with van der Waals surface area (Å²) in [6.07, 6.45) is 0. The molecule has 0 saturated carbocycles. The van der Waals surface area contributed by atoms with Gasteiger partial charge in [0, 0.05) is 16.5 Å². The van der Waals surface area contributed by atoms with Crippen molar-refractivity contribution in [1.82, 2.24) is 0 Å². The van der Waals surface area contributed by atoms with Crippen LogP contribution in [0.15, 0.2) is 59.0 Å². The van der Waals surface area contributed by atoms with Gasteiger partial charge in [-0.05, 0) is 18.2 Å². The van der Waals surface area contributed by atoms with Gasteiger partial charge in [0.25, 0.3) is 0 Å². The molecule has 1 aromatic heterocycles. The largest absolute Gasteiger partial charge is 0.673 e. The quantitative estimate of drug-likeness (QED) is 0.502. The standard InChI is InChI=1S/C19H18ClNO.BF4/c1-13(2)12-21-17-11-19(14-6-4-3-5-7-14)22-18-9-8-15(20)10-16(17)18;2-1(3,4)5/h3-11,13H,12H2,1-2H3;/q;-1/p+1. The highest BCUT2D eigenvalue weighted by Crippen LogP contribution is 2.23. The summed E-state index contributed by atoms with van der Waals surface area (Å²) in [4.78, 5) is 3.51. The predicted octanol–water partition coefficient (Wildman–Crippen LogP) is 4.69. The van der Waals surface area contributed by atoms with E-state index in [2.05, 4.69) is 24.9 Å². The van der Waals surface area contributed by atoms with Gasteiger partial charge in [-0.15, -0.1) is 0 Å². The second-order valence-corrected chi connectivity index (χ2v) is 6.74. The number of halogens is 5. The third-order valence-electron chi connectivity index (χ3n) is 3.49. The van der Waals surface area contributed by atoms with Crippen molar-refractivity contribution in [3.05, 3.63) is 65.0 Å². The van der Waals surface area contributed by atoms with Crippen molar-refractivity contribution in [1.29, 1.82) is 0 Å². The van der Waals surface area contributed by atoms with Gasteiger partial charge in [-0.3, -0.25) is 0 Å². The van der Waals surface area contributed by atoms with Gasteiger partial charge in [0.2, 0.25) is 5.36 Å². The molecule has 27 heavy (non-hydrogen) atoms. The molecule has 1 N–H and O–H groups in total. The maximum atomic E-state index is 9.75. The molecule has 0 spiro atoms. The van der Waals surface area contributed by atoms with Gasteiger partial charge in [-0.2, -0.15) is 0 Å². The number of rotatable bonds is 3. The normalized spacial score (nSPS) is 12.2. The average molecular weight is 400 g/mol. The monoisotopic (exact) mass is 399 g/mol. The highest BCUT2D eigenvalue weighted by atomic mass is 35.5. The van der Waals surface area contributed by atoms with E-state index in [1.807, 2.05) is 48.5 Å². The van der Waals surface area contributed by atoms with Crippen LogP contribution >= 0.6 is 11.6 Å². The fourth-order valence-electron chi connectivity index (χ4n) is 2.36. The highest BCUT2D eigenvalue weighted by molar-refractivity contribution is 6.50. The lowest BCUT2D eigenvalue weighted by Crippen LogP contribution is -2.77. The molecule has 3 aromatic rings. The molecule has 8 heteroatoms. The van der Waals surface area contributed by atoms with Gasteiger partial charge in [0.1, 0.15) is 17.9 Å². The van der Waals surface area contributed by atoms with Gasteiger partial charge >= 0.3 is 7.25 Å². The molecule has 0 atom stereocenters. The first-order valence-corrected chi connectivity index (χ1v) is 8.74. The van der Waals surface area contributed by atoms with E-state index in [9.17, 15) is 17.3 Å². The number of fused-ring (bicyclic) bond motifs is 1. The van der Waals surface area contributed by atoms with E-state index >= 15 is 0 Å². The maximum Gasteiger partial charge on any atom is 0.673 e. The number of nitrogens with one attached hydrogen (secondary N) is 1. The first kappa shape index (κ1) is 21.0. The summed E-state index contributed by atoms with van der Waals surface area (Å²) in [5.41, 5.74) is 1.89. The van der Waals surface area contributed by atoms with Crippen molar-refractivity contribution in [3.8, 4) is 11.3 Å². The van der Waals surface area contributed by atoms with E-state index in [0.29, 0.717) is 10.9 Å². The molecule has 3 rings (SSSR count). The molecule has 0 bridgehead atoms. The van der Waals surface area contributed by atoms with E-state index in [4.69, 9.17) is 16.0 Å². The molecule has 0 aliphatic rings. The fraction of sp³-hybridized carbons (Fsp3) is 0.211. The zero-order valence-corrected chi connectivity index (χ0v) is 15.6. The Morgan fingerprint density at radius 2 is 1.63 bits per heavy atom. The lowest BCUT2D eigenvalue weighted by molar-refractivity contribution is -0.505. The SMILES string of the molecule is CC(C)C[NH+]=c1cc(-c2ccccc2)oc2ccc(Cl)cc12.F[B-](F)(F)F. The van der Waals surface area contributed by atoms with E-state index in [1.54, 1.807) is 0 Å². The fourth-order valence-corrected chi connectivity index (χ4v) is 2.54. The summed E-state index contributed by atoms with van der Waals surface area (Å²) in [5, 5.41) is 2.77. The highest BCUT2D eigenvalue weighted by Gasteiger charge is 2.20. The molecule has 0 radical (unpaired) electrons. The second kappa shape index (κ2) is 9.08. The average Bonchev–Trinajstić information content (AvgIpc) is 2.59. The maximum absolute atomic E-state index is 9.75. The van der Waals surface area contributed by atoms with Crippen LogP contribution in [-0.2, 0) is 0 Å². The molecule has 0 unspecified atom stereocenters. The van der Waals surface area contributed by atoms with Gasteiger partial charge in [-0.25, -0.2) is 4.99 Å². The van der Waals surface area contributed by atoms with Crippen LogP contribution in [0.2, 0.25) is 5.02 Å². The Hall–Kier alpha value is -2.28. The minimum atomic E-state index is -6.00. The lowest BCUT2D eigenvalue weighted by Gasteiger charge is -2.03. The lowest BCUT2D eigenvalue weighted by atomic mass is 10.1. The molecule has 0 fully saturated rings. The summed E-state index contributed by atoms with van der Waals surface area (Å²) in [7, 11) is -6.00. The first-order valence-electron chi connectivity index (χ1n) is 8.36. The Morgan fingerprint density at radius 1 is 1.00 bits per heavy atom. The Labute approximate surface area is 159 Å². The molecular weight excluding hydrogens is 380 g/mol. The van der Waals surface area contributed by atoms with Gasteiger partial charge in [-0.1, -0.05) is 55.8 Å². The van der Waals surface area contributed by atoms with Crippen molar-refractivity contribution >= 4 is 29.8 Å². The summed E-state index contributed by atoms with van der Waals surface area (Å²) in [6.45, 7) is 5.28. The zero-order chi connectivity index (χ0) is 20.0. The van der Waals surface area contributed by atoms with Crippen LogP contribution in [0.5, 0.6) is 0 Å². The number of hydrogen-bond acceptors (Lipinski definition) is 1. The molecule has 0 saturated heterocycles. The van der Waals surface area contributed by atoms with Crippen LogP contribution in [0, 0.1) is 5.92 Å². The predicted molar refractivity (Wildman–Crippen MR) is 101 cm³/mol. The van der Waals surface area contributed by atoms with Crippen LogP contribution in [0.4, 0.5) is 17.3 Å². The molecule has 1 heterocycles. The Bertz CT molecular complexity index is 949. The Kier molecular flexibility index (Phi) is 7.08. The Balaban J connectivity index is 0.000000465. The van der Waals surface area contributed by atoms with E-state index < -0.39 is 7.25 Å². The van der Waals surface area contributed by atoms with Crippen LogP contribution in [-0.4, -0.2) is 13.8 Å². The Morgan fingerprint density at radius 3 is 2.22 bits per heavy atom. The minimum absolute atomic E-state index is 0.562. The minimum Gasteiger partial charge on any atom is -0.456 e. The van der Waals surface area contributed by atoms with Gasteiger partial charge < -0.3 is 21.7 Å². The van der Waals surface area contributed by atoms with Gasteiger partial charge in [0.05, 0.1) is 11.5 Å². The zero-order valence-electron chi connectivity index (χ0n) is 14.9. The molecule has 0 aliphatic carbocycles. The van der Waals surface area contributed by atoms with Gasteiger partial charge in [0.15, 0.2) is 0 Å². The number of benzene rings is 2. The third-order valence-corrected chi connectivity index (χ3v) is 3.72. The van der Waals surface area contributed by atoms with Crippen molar-refractivity contribution in [2.45, 2.75) is 13.8 Å². The van der Waals surface area contributed by atoms with Crippen molar-refractivity contribution in [3.63, 3.8) is 0 Å². The van der Waals surface area contributed by atoms with Crippen molar-refractivity contribution in [2.24, 2.45) is 5.92 Å². The summed E-state index contributed by atoms with van der Waals surface area (Å²) >= 11 is 6.14.